The van der Waals surface area contributed by atoms with E-state index < -0.39 is 0 Å². The minimum atomic E-state index is 0.183. The van der Waals surface area contributed by atoms with E-state index in [9.17, 15) is 0 Å². The normalized spacial score (nSPS) is 18.3. The van der Waals surface area contributed by atoms with Crippen molar-refractivity contribution >= 4 is 11.8 Å². The van der Waals surface area contributed by atoms with Crippen molar-refractivity contribution in [1.82, 2.24) is 0 Å². The van der Waals surface area contributed by atoms with Crippen molar-refractivity contribution in [1.29, 1.82) is 0 Å². The molecule has 1 fully saturated rings. The van der Waals surface area contributed by atoms with Crippen LogP contribution in [0.2, 0.25) is 0 Å². The van der Waals surface area contributed by atoms with E-state index in [0.29, 0.717) is 6.10 Å². The van der Waals surface area contributed by atoms with Crippen LogP contribution in [-0.4, -0.2) is 29.3 Å². The summed E-state index contributed by atoms with van der Waals surface area (Å²) in [6, 6.07) is 8.03. The highest BCUT2D eigenvalue weighted by Crippen LogP contribution is 2.26. The Balaban J connectivity index is 2.04. The molecule has 1 atom stereocenters. The molecule has 3 heteroatoms. The van der Waals surface area contributed by atoms with Crippen molar-refractivity contribution in [3.05, 3.63) is 29.8 Å². The van der Waals surface area contributed by atoms with E-state index in [1.165, 1.54) is 0 Å². The first kappa shape index (κ1) is 10.8. The molecule has 0 saturated carbocycles. The Morgan fingerprint density at radius 2 is 2.33 bits per heavy atom. The van der Waals surface area contributed by atoms with Gasteiger partial charge in [-0.05, 0) is 17.7 Å². The van der Waals surface area contributed by atoms with Crippen molar-refractivity contribution in [2.75, 3.05) is 18.1 Å². The molecule has 1 aliphatic heterocycles. The number of aliphatic hydroxyl groups is 1. The van der Waals surface area contributed by atoms with Crippen molar-refractivity contribution in [3.63, 3.8) is 0 Å². The highest BCUT2D eigenvalue weighted by molar-refractivity contribution is 8.00. The molecule has 2 nitrogen and oxygen atoms in total. The maximum atomic E-state index is 9.07. The number of hydrogen-bond acceptors (Lipinski definition) is 3. The molecule has 0 radical (unpaired) electrons. The summed E-state index contributed by atoms with van der Waals surface area (Å²) in [5.41, 5.74) is 1.14. The largest absolute Gasteiger partial charge is 0.489 e. The Hall–Kier alpha value is -0.670. The van der Waals surface area contributed by atoms with E-state index >= 15 is 0 Å². The first-order valence-corrected chi connectivity index (χ1v) is 6.40. The first-order chi connectivity index (χ1) is 7.29. The lowest BCUT2D eigenvalue weighted by Gasteiger charge is -2.26. The van der Waals surface area contributed by atoms with Crippen LogP contribution in [0.3, 0.4) is 0 Å². The van der Waals surface area contributed by atoms with Crippen LogP contribution in [-0.2, 0) is 0 Å². The van der Waals surface area contributed by atoms with E-state index in [-0.39, 0.29) is 12.5 Å². The Labute approximate surface area is 94.6 Å². The van der Waals surface area contributed by atoms with Gasteiger partial charge < -0.3 is 9.84 Å². The van der Waals surface area contributed by atoms with Crippen molar-refractivity contribution in [3.8, 4) is 5.75 Å². The minimum absolute atomic E-state index is 0.183. The molecule has 1 aromatic carbocycles. The second-order valence-electron chi connectivity index (χ2n) is 3.93. The third kappa shape index (κ3) is 2.67. The molecule has 0 amide bonds. The SMILES string of the molecule is CC(CO)c1cccc(OC2CSC2)c1. The van der Waals surface area contributed by atoms with E-state index in [1.54, 1.807) is 0 Å². The highest BCUT2D eigenvalue weighted by atomic mass is 32.2. The molecule has 1 unspecified atom stereocenters. The molecule has 1 heterocycles. The van der Waals surface area contributed by atoms with Gasteiger partial charge in [-0.15, -0.1) is 0 Å². The van der Waals surface area contributed by atoms with Gasteiger partial charge in [-0.3, -0.25) is 0 Å². The van der Waals surface area contributed by atoms with Gasteiger partial charge in [0.05, 0.1) is 0 Å². The molecule has 0 aromatic heterocycles. The summed E-state index contributed by atoms with van der Waals surface area (Å²) < 4.78 is 5.78. The van der Waals surface area contributed by atoms with Crippen LogP contribution in [0.5, 0.6) is 5.75 Å². The fourth-order valence-electron chi connectivity index (χ4n) is 1.47. The zero-order valence-electron chi connectivity index (χ0n) is 8.85. The number of aliphatic hydroxyl groups excluding tert-OH is 1. The maximum absolute atomic E-state index is 9.07. The van der Waals surface area contributed by atoms with Gasteiger partial charge in [0.2, 0.25) is 0 Å². The van der Waals surface area contributed by atoms with Gasteiger partial charge >= 0.3 is 0 Å². The molecule has 0 spiro atoms. The molecular formula is C12H16O2S. The lowest BCUT2D eigenvalue weighted by atomic mass is 10.0. The molecule has 1 N–H and O–H groups in total. The van der Waals surface area contributed by atoms with Crippen LogP contribution >= 0.6 is 11.8 Å². The number of hydrogen-bond donors (Lipinski definition) is 1. The highest BCUT2D eigenvalue weighted by Gasteiger charge is 2.19. The van der Waals surface area contributed by atoms with Gasteiger partial charge in [-0.1, -0.05) is 19.1 Å². The zero-order valence-corrected chi connectivity index (χ0v) is 9.67. The molecule has 0 bridgehead atoms. The summed E-state index contributed by atoms with van der Waals surface area (Å²) in [7, 11) is 0. The third-order valence-corrected chi connectivity index (χ3v) is 3.83. The van der Waals surface area contributed by atoms with Crippen LogP contribution in [0, 0.1) is 0 Å². The van der Waals surface area contributed by atoms with Gasteiger partial charge in [0.25, 0.3) is 0 Å². The summed E-state index contributed by atoms with van der Waals surface area (Å²) in [4.78, 5) is 0. The number of thioether (sulfide) groups is 1. The molecule has 1 aromatic rings. The van der Waals surface area contributed by atoms with Crippen molar-refractivity contribution in [2.45, 2.75) is 18.9 Å². The van der Waals surface area contributed by atoms with Gasteiger partial charge in [-0.25, -0.2) is 0 Å². The minimum Gasteiger partial charge on any atom is -0.489 e. The van der Waals surface area contributed by atoms with E-state index in [2.05, 4.69) is 0 Å². The van der Waals surface area contributed by atoms with E-state index in [0.717, 1.165) is 22.8 Å². The smallest absolute Gasteiger partial charge is 0.120 e. The molecule has 2 rings (SSSR count). The summed E-state index contributed by atoms with van der Waals surface area (Å²) in [5.74, 6) is 3.31. The average Bonchev–Trinajstić information content (AvgIpc) is 2.23. The lowest BCUT2D eigenvalue weighted by molar-refractivity contribution is 0.239. The van der Waals surface area contributed by atoms with E-state index in [1.807, 2.05) is 43.0 Å². The van der Waals surface area contributed by atoms with Gasteiger partial charge in [0.1, 0.15) is 11.9 Å². The second-order valence-corrected chi connectivity index (χ2v) is 5.01. The van der Waals surface area contributed by atoms with Gasteiger partial charge in [0, 0.05) is 24.0 Å². The fraction of sp³-hybridized carbons (Fsp3) is 0.500. The topological polar surface area (TPSA) is 29.5 Å². The number of ether oxygens (including phenoxy) is 1. The Bertz CT molecular complexity index is 323. The van der Waals surface area contributed by atoms with Crippen LogP contribution < -0.4 is 4.74 Å². The predicted molar refractivity (Wildman–Crippen MR) is 63.7 cm³/mol. The summed E-state index contributed by atoms with van der Waals surface area (Å²) in [5, 5.41) is 9.07. The van der Waals surface area contributed by atoms with Crippen molar-refractivity contribution in [2.24, 2.45) is 0 Å². The Morgan fingerprint density at radius 3 is 2.93 bits per heavy atom. The molecule has 15 heavy (non-hydrogen) atoms. The summed E-state index contributed by atoms with van der Waals surface area (Å²) >= 11 is 1.91. The Morgan fingerprint density at radius 1 is 1.53 bits per heavy atom. The standard InChI is InChI=1S/C12H16O2S/c1-9(6-13)10-3-2-4-11(5-10)14-12-7-15-8-12/h2-5,9,12-13H,6-8H2,1H3. The van der Waals surface area contributed by atoms with Gasteiger partial charge in [0.15, 0.2) is 0 Å². The average molecular weight is 224 g/mol. The Kier molecular flexibility index (Phi) is 3.54. The zero-order chi connectivity index (χ0) is 10.7. The van der Waals surface area contributed by atoms with Crippen LogP contribution in [0.4, 0.5) is 0 Å². The number of rotatable bonds is 4. The quantitative estimate of drug-likeness (QED) is 0.850. The summed E-state index contributed by atoms with van der Waals surface area (Å²) in [6.07, 6.45) is 0.384. The summed E-state index contributed by atoms with van der Waals surface area (Å²) in [6.45, 7) is 2.20. The van der Waals surface area contributed by atoms with Crippen molar-refractivity contribution < 1.29 is 9.84 Å². The molecule has 1 aliphatic rings. The fourth-order valence-corrected chi connectivity index (χ4v) is 2.04. The van der Waals surface area contributed by atoms with E-state index in [4.69, 9.17) is 9.84 Å². The lowest BCUT2D eigenvalue weighted by Crippen LogP contribution is -2.31. The number of benzene rings is 1. The van der Waals surface area contributed by atoms with Crippen LogP contribution in [0.25, 0.3) is 0 Å². The maximum Gasteiger partial charge on any atom is 0.120 e. The molecule has 0 aliphatic carbocycles. The van der Waals surface area contributed by atoms with Crippen LogP contribution in [0.15, 0.2) is 24.3 Å². The monoisotopic (exact) mass is 224 g/mol. The van der Waals surface area contributed by atoms with Crippen LogP contribution in [0.1, 0.15) is 18.4 Å². The molecule has 82 valence electrons. The molecule has 1 saturated heterocycles. The molecular weight excluding hydrogens is 208 g/mol. The first-order valence-electron chi connectivity index (χ1n) is 5.25. The van der Waals surface area contributed by atoms with Gasteiger partial charge in [-0.2, -0.15) is 11.8 Å². The second kappa shape index (κ2) is 4.90. The predicted octanol–water partition coefficient (Wildman–Crippen LogP) is 2.28. The third-order valence-electron chi connectivity index (χ3n) is 2.61.